The van der Waals surface area contributed by atoms with Gasteiger partial charge in [-0.15, -0.1) is 11.6 Å². The van der Waals surface area contributed by atoms with E-state index < -0.39 is 0 Å². The zero-order valence-electron chi connectivity index (χ0n) is 11.5. The van der Waals surface area contributed by atoms with E-state index in [-0.39, 0.29) is 5.91 Å². The molecule has 104 valence electrons. The van der Waals surface area contributed by atoms with E-state index in [1.54, 1.807) is 12.1 Å². The van der Waals surface area contributed by atoms with Crippen LogP contribution in [0.15, 0.2) is 48.5 Å². The van der Waals surface area contributed by atoms with Gasteiger partial charge in [-0.1, -0.05) is 36.4 Å². The summed E-state index contributed by atoms with van der Waals surface area (Å²) in [5.41, 5.74) is 4.21. The number of aryl methyl sites for hydroxylation is 1. The Balaban J connectivity index is 1.87. The van der Waals surface area contributed by atoms with E-state index in [4.69, 9.17) is 11.6 Å². The van der Waals surface area contributed by atoms with Gasteiger partial charge in [0.15, 0.2) is 0 Å². The Morgan fingerprint density at radius 3 is 2.45 bits per heavy atom. The number of hydrogen-bond acceptors (Lipinski definition) is 1. The van der Waals surface area contributed by atoms with Crippen LogP contribution in [0.25, 0.3) is 0 Å². The van der Waals surface area contributed by atoms with Crippen LogP contribution in [0.1, 0.15) is 27.0 Å². The fraction of sp³-hybridized carbons (Fsp3) is 0.235. The minimum Gasteiger partial charge on any atom is -0.352 e. The summed E-state index contributed by atoms with van der Waals surface area (Å²) in [4.78, 5) is 12.0. The molecule has 0 unspecified atom stereocenters. The highest BCUT2D eigenvalue weighted by atomic mass is 35.5. The molecule has 1 N–H and O–H groups in total. The monoisotopic (exact) mass is 287 g/mol. The lowest BCUT2D eigenvalue weighted by Crippen LogP contribution is -2.25. The lowest BCUT2D eigenvalue weighted by molar-refractivity contribution is 0.0954. The van der Waals surface area contributed by atoms with E-state index in [2.05, 4.69) is 24.4 Å². The number of rotatable bonds is 5. The quantitative estimate of drug-likeness (QED) is 0.835. The molecule has 2 aromatic carbocycles. The van der Waals surface area contributed by atoms with Crippen LogP contribution in [-0.4, -0.2) is 12.5 Å². The Morgan fingerprint density at radius 1 is 1.10 bits per heavy atom. The highest BCUT2D eigenvalue weighted by Gasteiger charge is 2.05. The first-order chi connectivity index (χ1) is 9.70. The summed E-state index contributed by atoms with van der Waals surface area (Å²) in [7, 11) is 0. The highest BCUT2D eigenvalue weighted by molar-refractivity contribution is 6.17. The Kier molecular flexibility index (Phi) is 5.19. The number of halogens is 1. The molecule has 2 rings (SSSR count). The van der Waals surface area contributed by atoms with Crippen molar-refractivity contribution in [1.82, 2.24) is 5.32 Å². The summed E-state index contributed by atoms with van der Waals surface area (Å²) in [5.74, 6) is 0.426. The van der Waals surface area contributed by atoms with Crippen LogP contribution >= 0.6 is 11.6 Å². The summed E-state index contributed by atoms with van der Waals surface area (Å²) in [5, 5.41) is 2.94. The molecule has 3 heteroatoms. The van der Waals surface area contributed by atoms with E-state index in [0.717, 1.165) is 12.0 Å². The van der Waals surface area contributed by atoms with E-state index >= 15 is 0 Å². The predicted molar refractivity (Wildman–Crippen MR) is 83.2 cm³/mol. The van der Waals surface area contributed by atoms with E-state index in [1.165, 1.54) is 11.1 Å². The van der Waals surface area contributed by atoms with Gasteiger partial charge in [0.05, 0.1) is 0 Å². The molecule has 0 radical (unpaired) electrons. The maximum Gasteiger partial charge on any atom is 0.251 e. The molecule has 20 heavy (non-hydrogen) atoms. The molecular weight excluding hydrogens is 270 g/mol. The first kappa shape index (κ1) is 14.6. The molecule has 0 heterocycles. The van der Waals surface area contributed by atoms with Crippen LogP contribution in [0.5, 0.6) is 0 Å². The average molecular weight is 288 g/mol. The van der Waals surface area contributed by atoms with Gasteiger partial charge in [-0.25, -0.2) is 0 Å². The molecule has 0 fully saturated rings. The van der Waals surface area contributed by atoms with Crippen LogP contribution in [0, 0.1) is 6.92 Å². The van der Waals surface area contributed by atoms with Gasteiger partial charge in [0.2, 0.25) is 0 Å². The number of nitrogens with one attached hydrogen (secondary N) is 1. The van der Waals surface area contributed by atoms with Crippen LogP contribution in [-0.2, 0) is 12.3 Å². The Bertz CT molecular complexity index is 578. The van der Waals surface area contributed by atoms with Crippen molar-refractivity contribution in [3.05, 3.63) is 70.8 Å². The number of benzene rings is 2. The van der Waals surface area contributed by atoms with Crippen molar-refractivity contribution in [3.8, 4) is 0 Å². The SMILES string of the molecule is Cc1ccccc1CCNC(=O)c1ccc(CCl)cc1. The van der Waals surface area contributed by atoms with Gasteiger partial charge in [0.25, 0.3) is 5.91 Å². The normalized spacial score (nSPS) is 10.3. The van der Waals surface area contributed by atoms with Crippen molar-refractivity contribution in [3.63, 3.8) is 0 Å². The maximum atomic E-state index is 12.0. The topological polar surface area (TPSA) is 29.1 Å². The molecule has 1 amide bonds. The van der Waals surface area contributed by atoms with Gasteiger partial charge >= 0.3 is 0 Å². The minimum absolute atomic E-state index is 0.0419. The van der Waals surface area contributed by atoms with Gasteiger partial charge in [-0.05, 0) is 42.2 Å². The Morgan fingerprint density at radius 2 is 1.80 bits per heavy atom. The van der Waals surface area contributed by atoms with Crippen molar-refractivity contribution < 1.29 is 4.79 Å². The fourth-order valence-electron chi connectivity index (χ4n) is 2.05. The smallest absolute Gasteiger partial charge is 0.251 e. The molecule has 0 atom stereocenters. The predicted octanol–water partition coefficient (Wildman–Crippen LogP) is 3.71. The van der Waals surface area contributed by atoms with Crippen molar-refractivity contribution in [2.45, 2.75) is 19.2 Å². The van der Waals surface area contributed by atoms with E-state index in [0.29, 0.717) is 18.0 Å². The van der Waals surface area contributed by atoms with Crippen LogP contribution < -0.4 is 5.32 Å². The number of carbonyl (C=O) groups is 1. The number of carbonyl (C=O) groups excluding carboxylic acids is 1. The Hall–Kier alpha value is -1.80. The largest absolute Gasteiger partial charge is 0.352 e. The van der Waals surface area contributed by atoms with Crippen LogP contribution in [0.2, 0.25) is 0 Å². The first-order valence-electron chi connectivity index (χ1n) is 6.68. The second-order valence-electron chi connectivity index (χ2n) is 4.76. The van der Waals surface area contributed by atoms with Gasteiger partial charge in [-0.3, -0.25) is 4.79 Å². The summed E-state index contributed by atoms with van der Waals surface area (Å²) >= 11 is 5.72. The van der Waals surface area contributed by atoms with Gasteiger partial charge in [-0.2, -0.15) is 0 Å². The average Bonchev–Trinajstić information content (AvgIpc) is 2.49. The molecule has 0 saturated carbocycles. The number of alkyl halides is 1. The summed E-state index contributed by atoms with van der Waals surface area (Å²) in [6.07, 6.45) is 0.845. The molecule has 0 aliphatic rings. The second kappa shape index (κ2) is 7.11. The van der Waals surface area contributed by atoms with Gasteiger partial charge in [0, 0.05) is 18.0 Å². The molecule has 2 aromatic rings. The third-order valence-electron chi connectivity index (χ3n) is 3.31. The molecule has 0 bridgehead atoms. The third-order valence-corrected chi connectivity index (χ3v) is 3.62. The van der Waals surface area contributed by atoms with Crippen molar-refractivity contribution >= 4 is 17.5 Å². The highest BCUT2D eigenvalue weighted by Crippen LogP contribution is 2.08. The van der Waals surface area contributed by atoms with E-state index in [1.807, 2.05) is 24.3 Å². The second-order valence-corrected chi connectivity index (χ2v) is 5.03. The molecule has 0 saturated heterocycles. The molecule has 0 spiro atoms. The lowest BCUT2D eigenvalue weighted by atomic mass is 10.1. The van der Waals surface area contributed by atoms with E-state index in [9.17, 15) is 4.79 Å². The lowest BCUT2D eigenvalue weighted by Gasteiger charge is -2.08. The molecule has 0 aromatic heterocycles. The van der Waals surface area contributed by atoms with Crippen LogP contribution in [0.3, 0.4) is 0 Å². The molecule has 2 nitrogen and oxygen atoms in total. The van der Waals surface area contributed by atoms with Crippen LogP contribution in [0.4, 0.5) is 0 Å². The number of amides is 1. The standard InChI is InChI=1S/C17H18ClNO/c1-13-4-2-3-5-15(13)10-11-19-17(20)16-8-6-14(12-18)7-9-16/h2-9H,10-12H2,1H3,(H,19,20). The molecular formula is C17H18ClNO. The van der Waals surface area contributed by atoms with Gasteiger partial charge < -0.3 is 5.32 Å². The van der Waals surface area contributed by atoms with Crippen molar-refractivity contribution in [2.24, 2.45) is 0 Å². The fourth-order valence-corrected chi connectivity index (χ4v) is 2.23. The summed E-state index contributed by atoms with van der Waals surface area (Å²) in [6.45, 7) is 2.73. The third kappa shape index (κ3) is 3.84. The number of hydrogen-bond donors (Lipinski definition) is 1. The minimum atomic E-state index is -0.0419. The first-order valence-corrected chi connectivity index (χ1v) is 7.22. The molecule has 0 aliphatic heterocycles. The van der Waals surface area contributed by atoms with Gasteiger partial charge in [0.1, 0.15) is 0 Å². The van der Waals surface area contributed by atoms with Crippen molar-refractivity contribution in [2.75, 3.05) is 6.54 Å². The zero-order valence-corrected chi connectivity index (χ0v) is 12.3. The maximum absolute atomic E-state index is 12.0. The summed E-state index contributed by atoms with van der Waals surface area (Å²) in [6, 6.07) is 15.6. The molecule has 0 aliphatic carbocycles. The Labute approximate surface area is 124 Å². The summed E-state index contributed by atoms with van der Waals surface area (Å²) < 4.78 is 0. The van der Waals surface area contributed by atoms with Crippen molar-refractivity contribution in [1.29, 1.82) is 0 Å². The zero-order chi connectivity index (χ0) is 14.4.